The number of likely N-dealkylation sites (tertiary alicyclic amines) is 1. The number of nitrogens with zero attached hydrogens (tertiary/aromatic N) is 2. The van der Waals surface area contributed by atoms with Crippen molar-refractivity contribution >= 4 is 5.91 Å². The normalized spacial score (nSPS) is 28.9. The van der Waals surface area contributed by atoms with E-state index < -0.39 is 0 Å². The predicted molar refractivity (Wildman–Crippen MR) is 55.0 cm³/mol. The summed E-state index contributed by atoms with van der Waals surface area (Å²) in [5, 5.41) is 3.19. The lowest BCUT2D eigenvalue weighted by molar-refractivity contribution is -0.136. The molecule has 2 aliphatic rings. The molecule has 1 unspecified atom stereocenters. The Morgan fingerprint density at radius 2 is 2.21 bits per heavy atom. The summed E-state index contributed by atoms with van der Waals surface area (Å²) in [5.74, 6) is 0.575. The van der Waals surface area contributed by atoms with Gasteiger partial charge in [0, 0.05) is 26.7 Å². The van der Waals surface area contributed by atoms with Crippen molar-refractivity contribution in [2.45, 2.75) is 12.5 Å². The van der Waals surface area contributed by atoms with Gasteiger partial charge in [-0.05, 0) is 20.0 Å². The van der Waals surface area contributed by atoms with Crippen LogP contribution >= 0.6 is 0 Å². The highest BCUT2D eigenvalue weighted by Gasteiger charge is 2.32. The van der Waals surface area contributed by atoms with Crippen LogP contribution in [0.25, 0.3) is 0 Å². The molecule has 0 spiro atoms. The van der Waals surface area contributed by atoms with Gasteiger partial charge in [0.05, 0.1) is 12.0 Å². The lowest BCUT2D eigenvalue weighted by Crippen LogP contribution is -2.58. The van der Waals surface area contributed by atoms with Gasteiger partial charge in [-0.3, -0.25) is 4.79 Å². The van der Waals surface area contributed by atoms with Crippen molar-refractivity contribution in [2.75, 3.05) is 40.3 Å². The number of nitrogens with one attached hydrogen (secondary N) is 1. The highest BCUT2D eigenvalue weighted by molar-refractivity contribution is 5.79. The van der Waals surface area contributed by atoms with Crippen molar-refractivity contribution in [3.63, 3.8) is 0 Å². The molecule has 0 aromatic carbocycles. The van der Waals surface area contributed by atoms with E-state index in [0.717, 1.165) is 32.6 Å². The Labute approximate surface area is 85.2 Å². The van der Waals surface area contributed by atoms with Crippen LogP contribution in [0, 0.1) is 5.92 Å². The Bertz CT molecular complexity index is 223. The van der Waals surface area contributed by atoms with Gasteiger partial charge in [-0.25, -0.2) is 0 Å². The molecule has 0 bridgehead atoms. The molecule has 2 aliphatic heterocycles. The molecule has 1 amide bonds. The lowest BCUT2D eigenvalue weighted by Gasteiger charge is -2.36. The SMILES string of the molecule is CN1CCC(C(=O)N(C)C2CNC2)C1. The van der Waals surface area contributed by atoms with E-state index in [2.05, 4.69) is 17.3 Å². The fourth-order valence-corrected chi connectivity index (χ4v) is 2.15. The number of amides is 1. The van der Waals surface area contributed by atoms with Gasteiger partial charge in [-0.1, -0.05) is 0 Å². The molecule has 2 saturated heterocycles. The zero-order valence-electron chi connectivity index (χ0n) is 8.99. The fourth-order valence-electron chi connectivity index (χ4n) is 2.15. The second-order valence-electron chi connectivity index (χ2n) is 4.51. The van der Waals surface area contributed by atoms with Crippen LogP contribution in [-0.4, -0.2) is 62.0 Å². The molecule has 1 atom stereocenters. The van der Waals surface area contributed by atoms with Crippen molar-refractivity contribution in [1.29, 1.82) is 0 Å². The van der Waals surface area contributed by atoms with Crippen LogP contribution in [0.3, 0.4) is 0 Å². The summed E-state index contributed by atoms with van der Waals surface area (Å²) in [6, 6.07) is 0.438. The van der Waals surface area contributed by atoms with Crippen molar-refractivity contribution in [3.05, 3.63) is 0 Å². The van der Waals surface area contributed by atoms with E-state index in [1.165, 1.54) is 0 Å². The van der Waals surface area contributed by atoms with Gasteiger partial charge < -0.3 is 15.1 Å². The first-order valence-electron chi connectivity index (χ1n) is 5.34. The van der Waals surface area contributed by atoms with Gasteiger partial charge in [0.1, 0.15) is 0 Å². The maximum Gasteiger partial charge on any atom is 0.227 e. The molecule has 0 saturated carbocycles. The Morgan fingerprint density at radius 1 is 1.50 bits per heavy atom. The van der Waals surface area contributed by atoms with Gasteiger partial charge in [0.2, 0.25) is 5.91 Å². The predicted octanol–water partition coefficient (Wildman–Crippen LogP) is -0.632. The van der Waals surface area contributed by atoms with Crippen molar-refractivity contribution in [1.82, 2.24) is 15.1 Å². The molecule has 4 nitrogen and oxygen atoms in total. The largest absolute Gasteiger partial charge is 0.340 e. The summed E-state index contributed by atoms with van der Waals surface area (Å²) in [7, 11) is 4.02. The van der Waals surface area contributed by atoms with E-state index in [1.807, 2.05) is 11.9 Å². The highest BCUT2D eigenvalue weighted by Crippen LogP contribution is 2.18. The maximum atomic E-state index is 12.0. The van der Waals surface area contributed by atoms with Crippen molar-refractivity contribution in [3.8, 4) is 0 Å². The minimum absolute atomic E-state index is 0.241. The molecule has 0 aliphatic carbocycles. The topological polar surface area (TPSA) is 35.6 Å². The molecule has 80 valence electrons. The zero-order chi connectivity index (χ0) is 10.1. The second-order valence-corrected chi connectivity index (χ2v) is 4.51. The molecular weight excluding hydrogens is 178 g/mol. The van der Waals surface area contributed by atoms with Crippen molar-refractivity contribution in [2.24, 2.45) is 5.92 Å². The first-order valence-corrected chi connectivity index (χ1v) is 5.34. The summed E-state index contributed by atoms with van der Waals surface area (Å²) in [6.45, 7) is 3.92. The molecule has 0 radical (unpaired) electrons. The first-order chi connectivity index (χ1) is 6.68. The molecule has 2 fully saturated rings. The third kappa shape index (κ3) is 1.77. The fraction of sp³-hybridized carbons (Fsp3) is 0.900. The summed E-state index contributed by atoms with van der Waals surface area (Å²) < 4.78 is 0. The molecule has 2 heterocycles. The van der Waals surface area contributed by atoms with Gasteiger partial charge in [0.25, 0.3) is 0 Å². The van der Waals surface area contributed by atoms with Crippen LogP contribution in [0.15, 0.2) is 0 Å². The molecule has 0 aromatic heterocycles. The number of likely N-dealkylation sites (N-methyl/N-ethyl adjacent to an activating group) is 1. The van der Waals surface area contributed by atoms with Gasteiger partial charge in [0.15, 0.2) is 0 Å². The van der Waals surface area contributed by atoms with Crippen molar-refractivity contribution < 1.29 is 4.79 Å². The third-order valence-electron chi connectivity index (χ3n) is 3.40. The summed E-state index contributed by atoms with van der Waals surface area (Å²) in [5.41, 5.74) is 0. The van der Waals surface area contributed by atoms with Gasteiger partial charge in [-0.15, -0.1) is 0 Å². The maximum absolute atomic E-state index is 12.0. The standard InChI is InChI=1S/C10H19N3O/c1-12-4-3-8(7-12)10(14)13(2)9-5-11-6-9/h8-9,11H,3-7H2,1-2H3. The number of carbonyl (C=O) groups is 1. The van der Waals surface area contributed by atoms with E-state index in [1.54, 1.807) is 0 Å². The molecule has 1 N–H and O–H groups in total. The van der Waals surface area contributed by atoms with Crippen LogP contribution in [0.5, 0.6) is 0 Å². The smallest absolute Gasteiger partial charge is 0.227 e. The minimum Gasteiger partial charge on any atom is -0.340 e. The number of hydrogen-bond donors (Lipinski definition) is 1. The van der Waals surface area contributed by atoms with Crippen LogP contribution < -0.4 is 5.32 Å². The Morgan fingerprint density at radius 3 is 2.64 bits per heavy atom. The monoisotopic (exact) mass is 197 g/mol. The zero-order valence-corrected chi connectivity index (χ0v) is 8.99. The van der Waals surface area contributed by atoms with Gasteiger partial charge in [-0.2, -0.15) is 0 Å². The second kappa shape index (κ2) is 3.87. The summed E-state index contributed by atoms with van der Waals surface area (Å²) >= 11 is 0. The Kier molecular flexibility index (Phi) is 2.74. The van der Waals surface area contributed by atoms with E-state index in [0.29, 0.717) is 11.9 Å². The van der Waals surface area contributed by atoms with Crippen LogP contribution in [0.1, 0.15) is 6.42 Å². The quantitative estimate of drug-likeness (QED) is 0.640. The van der Waals surface area contributed by atoms with Gasteiger partial charge >= 0.3 is 0 Å². The van der Waals surface area contributed by atoms with E-state index >= 15 is 0 Å². The Balaban J connectivity index is 1.87. The summed E-state index contributed by atoms with van der Waals surface area (Å²) in [6.07, 6.45) is 1.03. The van der Waals surface area contributed by atoms with Crippen LogP contribution in [0.2, 0.25) is 0 Å². The van der Waals surface area contributed by atoms with E-state index in [-0.39, 0.29) is 5.92 Å². The minimum atomic E-state index is 0.241. The van der Waals surface area contributed by atoms with Crippen LogP contribution in [0.4, 0.5) is 0 Å². The molecular formula is C10H19N3O. The van der Waals surface area contributed by atoms with E-state index in [9.17, 15) is 4.79 Å². The summed E-state index contributed by atoms with van der Waals surface area (Å²) in [4.78, 5) is 16.2. The first kappa shape index (κ1) is 9.93. The number of hydrogen-bond acceptors (Lipinski definition) is 3. The number of carbonyl (C=O) groups excluding carboxylic acids is 1. The molecule has 4 heteroatoms. The number of rotatable bonds is 2. The van der Waals surface area contributed by atoms with Crippen LogP contribution in [-0.2, 0) is 4.79 Å². The highest BCUT2D eigenvalue weighted by atomic mass is 16.2. The third-order valence-corrected chi connectivity index (χ3v) is 3.40. The molecule has 0 aromatic rings. The molecule has 14 heavy (non-hydrogen) atoms. The lowest BCUT2D eigenvalue weighted by atomic mass is 10.0. The van der Waals surface area contributed by atoms with E-state index in [4.69, 9.17) is 0 Å². The molecule has 2 rings (SSSR count). The Hall–Kier alpha value is -0.610. The average Bonchev–Trinajstić information content (AvgIpc) is 2.47. The average molecular weight is 197 g/mol.